The summed E-state index contributed by atoms with van der Waals surface area (Å²) in [5, 5.41) is 0.575. The molecule has 4 rings (SSSR count). The smallest absolute Gasteiger partial charge is 0.282 e. The van der Waals surface area contributed by atoms with Crippen LogP contribution in [0.1, 0.15) is 16.7 Å². The molecule has 0 fully saturated rings. The van der Waals surface area contributed by atoms with Crippen molar-refractivity contribution in [2.45, 2.75) is 13.5 Å². The van der Waals surface area contributed by atoms with Crippen molar-refractivity contribution in [2.75, 3.05) is 11.9 Å². The van der Waals surface area contributed by atoms with Crippen molar-refractivity contribution >= 4 is 34.7 Å². The summed E-state index contributed by atoms with van der Waals surface area (Å²) in [4.78, 5) is 30.0. The minimum Gasteiger partial charge on any atom is -0.365 e. The molecular formula is C25H21ClN2O2. The molecule has 30 heavy (non-hydrogen) atoms. The van der Waals surface area contributed by atoms with Crippen molar-refractivity contribution in [2.24, 2.45) is 0 Å². The Morgan fingerprint density at radius 3 is 2.10 bits per heavy atom. The summed E-state index contributed by atoms with van der Waals surface area (Å²) in [6.07, 6.45) is 0. The van der Waals surface area contributed by atoms with Gasteiger partial charge in [-0.15, -0.1) is 0 Å². The van der Waals surface area contributed by atoms with Gasteiger partial charge in [0.05, 0.1) is 11.3 Å². The van der Waals surface area contributed by atoms with E-state index in [1.807, 2.05) is 61.3 Å². The lowest BCUT2D eigenvalue weighted by Crippen LogP contribution is -2.34. The average Bonchev–Trinajstić information content (AvgIpc) is 3.00. The Hall–Kier alpha value is -3.37. The van der Waals surface area contributed by atoms with Crippen LogP contribution in [0.4, 0.5) is 5.69 Å². The number of carbonyl (C=O) groups is 2. The first-order valence-electron chi connectivity index (χ1n) is 9.66. The van der Waals surface area contributed by atoms with Gasteiger partial charge in [0.25, 0.3) is 11.8 Å². The Kier molecular flexibility index (Phi) is 5.42. The second-order valence-electron chi connectivity index (χ2n) is 7.35. The van der Waals surface area contributed by atoms with Crippen LogP contribution in [0, 0.1) is 6.92 Å². The highest BCUT2D eigenvalue weighted by molar-refractivity contribution is 6.45. The van der Waals surface area contributed by atoms with E-state index in [0.717, 1.165) is 11.1 Å². The second-order valence-corrected chi connectivity index (χ2v) is 7.79. The van der Waals surface area contributed by atoms with E-state index in [2.05, 4.69) is 0 Å². The van der Waals surface area contributed by atoms with E-state index in [9.17, 15) is 9.59 Å². The first kappa shape index (κ1) is 19.9. The van der Waals surface area contributed by atoms with Crippen LogP contribution in [0.15, 0.2) is 84.6 Å². The van der Waals surface area contributed by atoms with E-state index in [1.165, 1.54) is 4.90 Å². The molecule has 0 bridgehead atoms. The quantitative estimate of drug-likeness (QED) is 0.545. The van der Waals surface area contributed by atoms with Crippen molar-refractivity contribution in [3.8, 4) is 0 Å². The van der Waals surface area contributed by atoms with Crippen LogP contribution in [-0.4, -0.2) is 23.8 Å². The van der Waals surface area contributed by atoms with Gasteiger partial charge in [-0.2, -0.15) is 0 Å². The number of carbonyl (C=O) groups excluding carboxylic acids is 2. The Bertz CT molecular complexity index is 1120. The van der Waals surface area contributed by atoms with Crippen molar-refractivity contribution < 1.29 is 9.59 Å². The molecule has 0 N–H and O–H groups in total. The van der Waals surface area contributed by atoms with Gasteiger partial charge in [0.15, 0.2) is 0 Å². The molecule has 0 radical (unpaired) electrons. The van der Waals surface area contributed by atoms with Crippen LogP contribution < -0.4 is 4.90 Å². The molecule has 0 saturated heterocycles. The number of halogens is 1. The maximum Gasteiger partial charge on any atom is 0.282 e. The lowest BCUT2D eigenvalue weighted by molar-refractivity contribution is -0.120. The van der Waals surface area contributed by atoms with Crippen molar-refractivity contribution in [3.05, 3.63) is 106 Å². The van der Waals surface area contributed by atoms with E-state index in [4.69, 9.17) is 11.6 Å². The molecule has 0 unspecified atom stereocenters. The molecule has 0 aromatic heterocycles. The molecule has 0 atom stereocenters. The van der Waals surface area contributed by atoms with Crippen molar-refractivity contribution in [1.29, 1.82) is 0 Å². The van der Waals surface area contributed by atoms with Crippen LogP contribution in [0.25, 0.3) is 5.57 Å². The SMILES string of the molecule is Cc1ccc(N2C(=O)C(c3ccc(Cl)cc3)=C(N(C)Cc3ccccc3)C2=O)cc1. The number of nitrogens with zero attached hydrogens (tertiary/aromatic N) is 2. The normalized spacial score (nSPS) is 13.9. The fourth-order valence-corrected chi connectivity index (χ4v) is 3.74. The Balaban J connectivity index is 1.79. The highest BCUT2D eigenvalue weighted by Gasteiger charge is 2.41. The number of hydrogen-bond donors (Lipinski definition) is 0. The highest BCUT2D eigenvalue weighted by atomic mass is 35.5. The fraction of sp³-hybridized carbons (Fsp3) is 0.120. The molecule has 1 aliphatic heterocycles. The van der Waals surface area contributed by atoms with Crippen molar-refractivity contribution in [1.82, 2.24) is 4.90 Å². The van der Waals surface area contributed by atoms with E-state index >= 15 is 0 Å². The number of rotatable bonds is 5. The minimum absolute atomic E-state index is 0.327. The van der Waals surface area contributed by atoms with Crippen LogP contribution in [-0.2, 0) is 16.1 Å². The van der Waals surface area contributed by atoms with Gasteiger partial charge in [-0.1, -0.05) is 71.8 Å². The second kappa shape index (κ2) is 8.17. The summed E-state index contributed by atoms with van der Waals surface area (Å²) in [5.41, 5.74) is 4.11. The molecule has 3 aromatic rings. The van der Waals surface area contributed by atoms with E-state index in [0.29, 0.717) is 34.1 Å². The molecular weight excluding hydrogens is 396 g/mol. The number of benzene rings is 3. The van der Waals surface area contributed by atoms with Crippen LogP contribution in [0.3, 0.4) is 0 Å². The number of imide groups is 1. The zero-order chi connectivity index (χ0) is 21.3. The highest BCUT2D eigenvalue weighted by Crippen LogP contribution is 2.35. The maximum absolute atomic E-state index is 13.5. The predicted molar refractivity (Wildman–Crippen MR) is 120 cm³/mol. The summed E-state index contributed by atoms with van der Waals surface area (Å²) in [6, 6.07) is 24.2. The van der Waals surface area contributed by atoms with E-state index < -0.39 is 0 Å². The van der Waals surface area contributed by atoms with Gasteiger partial charge in [-0.25, -0.2) is 4.90 Å². The molecule has 3 aromatic carbocycles. The third-order valence-corrected chi connectivity index (χ3v) is 5.38. The first-order chi connectivity index (χ1) is 14.5. The Morgan fingerprint density at radius 2 is 1.47 bits per heavy atom. The van der Waals surface area contributed by atoms with Crippen LogP contribution in [0.2, 0.25) is 5.02 Å². The fourth-order valence-electron chi connectivity index (χ4n) is 3.61. The molecule has 2 amide bonds. The molecule has 150 valence electrons. The van der Waals surface area contributed by atoms with E-state index in [1.54, 1.807) is 36.4 Å². The summed E-state index contributed by atoms with van der Waals surface area (Å²) in [7, 11) is 1.84. The third kappa shape index (κ3) is 3.74. The predicted octanol–water partition coefficient (Wildman–Crippen LogP) is 5.06. The Morgan fingerprint density at radius 1 is 0.833 bits per heavy atom. The number of anilines is 1. The summed E-state index contributed by atoms with van der Waals surface area (Å²) >= 11 is 6.04. The first-order valence-corrected chi connectivity index (χ1v) is 10.0. The number of hydrogen-bond acceptors (Lipinski definition) is 3. The topological polar surface area (TPSA) is 40.6 Å². The van der Waals surface area contributed by atoms with Gasteiger partial charge < -0.3 is 4.90 Å². The minimum atomic E-state index is -0.332. The summed E-state index contributed by atoms with van der Waals surface area (Å²) < 4.78 is 0. The van der Waals surface area contributed by atoms with Gasteiger partial charge in [0, 0.05) is 18.6 Å². The van der Waals surface area contributed by atoms with Crippen LogP contribution in [0.5, 0.6) is 0 Å². The Labute approximate surface area is 181 Å². The molecule has 0 aliphatic carbocycles. The average molecular weight is 417 g/mol. The molecule has 1 heterocycles. The van der Waals surface area contributed by atoms with Gasteiger partial charge in [-0.05, 0) is 42.3 Å². The maximum atomic E-state index is 13.5. The monoisotopic (exact) mass is 416 g/mol. The standard InChI is InChI=1S/C25H21ClN2O2/c1-17-8-14-21(15-9-17)28-24(29)22(19-10-12-20(26)13-11-19)23(25(28)30)27(2)16-18-6-4-3-5-7-18/h3-15H,16H2,1-2H3. The van der Waals surface area contributed by atoms with Crippen molar-refractivity contribution in [3.63, 3.8) is 0 Å². The zero-order valence-corrected chi connectivity index (χ0v) is 17.6. The van der Waals surface area contributed by atoms with Crippen LogP contribution >= 0.6 is 11.6 Å². The van der Waals surface area contributed by atoms with Gasteiger partial charge in [-0.3, -0.25) is 9.59 Å². The largest absolute Gasteiger partial charge is 0.365 e. The summed E-state index contributed by atoms with van der Waals surface area (Å²) in [6.45, 7) is 2.47. The van der Waals surface area contributed by atoms with Gasteiger partial charge in [0.1, 0.15) is 5.70 Å². The lowest BCUT2D eigenvalue weighted by atomic mass is 10.0. The number of aryl methyl sites for hydroxylation is 1. The molecule has 5 heteroatoms. The summed E-state index contributed by atoms with van der Waals surface area (Å²) in [5.74, 6) is -0.659. The number of likely N-dealkylation sites (N-methyl/N-ethyl adjacent to an activating group) is 1. The molecule has 4 nitrogen and oxygen atoms in total. The van der Waals surface area contributed by atoms with E-state index in [-0.39, 0.29) is 11.8 Å². The lowest BCUT2D eigenvalue weighted by Gasteiger charge is -2.21. The molecule has 0 saturated carbocycles. The number of amides is 2. The zero-order valence-electron chi connectivity index (χ0n) is 16.8. The van der Waals surface area contributed by atoms with Gasteiger partial charge in [0.2, 0.25) is 0 Å². The third-order valence-electron chi connectivity index (χ3n) is 5.13. The molecule has 0 spiro atoms. The van der Waals surface area contributed by atoms with Gasteiger partial charge >= 0.3 is 0 Å². The molecule has 1 aliphatic rings.